The van der Waals surface area contributed by atoms with E-state index in [-0.39, 0.29) is 16.7 Å². The van der Waals surface area contributed by atoms with Crippen molar-refractivity contribution in [2.24, 2.45) is 5.73 Å². The van der Waals surface area contributed by atoms with Gasteiger partial charge in [-0.1, -0.05) is 41.5 Å². The summed E-state index contributed by atoms with van der Waals surface area (Å²) in [5, 5.41) is 10.8. The van der Waals surface area contributed by atoms with Gasteiger partial charge in [0.1, 0.15) is 5.75 Å². The molecule has 1 saturated heterocycles. The van der Waals surface area contributed by atoms with E-state index in [1.165, 1.54) is 0 Å². The van der Waals surface area contributed by atoms with Crippen molar-refractivity contribution in [1.82, 2.24) is 4.90 Å². The molecule has 0 aromatic heterocycles. The van der Waals surface area contributed by atoms with Gasteiger partial charge in [-0.25, -0.2) is 4.79 Å². The second-order valence-electron chi connectivity index (χ2n) is 8.68. The Morgan fingerprint density at radius 1 is 1.12 bits per heavy atom. The van der Waals surface area contributed by atoms with E-state index >= 15 is 0 Å². The van der Waals surface area contributed by atoms with E-state index in [0.29, 0.717) is 24.3 Å². The topological polar surface area (TPSA) is 83.6 Å². The number of rotatable bonds is 1. The normalized spacial score (nSPS) is 17.4. The summed E-state index contributed by atoms with van der Waals surface area (Å²) in [5.41, 5.74) is 7.84. The number of aromatic hydroxyl groups is 1. The molecule has 1 aliphatic rings. The lowest BCUT2D eigenvalue weighted by molar-refractivity contribution is -0.122. The predicted octanol–water partition coefficient (Wildman–Crippen LogP) is 3.68. The molecule has 0 spiro atoms. The standard InChI is InChI=1S/C20H28N2O3/c1-19(2,3)14-10-12(11-15(16(14)23)20(4,5)6)9-13-7-8-22(17(13)24)18(21)25/h9-11,23H,7-8H2,1-6H3,(H2,21,25)/b13-9+. The lowest BCUT2D eigenvalue weighted by Gasteiger charge is -2.28. The number of imide groups is 1. The molecule has 0 radical (unpaired) electrons. The molecule has 2 rings (SSSR count). The highest BCUT2D eigenvalue weighted by Crippen LogP contribution is 2.40. The Kier molecular flexibility index (Phi) is 4.73. The van der Waals surface area contributed by atoms with Gasteiger partial charge in [0.05, 0.1) is 0 Å². The SMILES string of the molecule is CC(C)(C)c1cc(/C=C2\CCN(C(N)=O)C2=O)cc(C(C)(C)C)c1O. The number of benzene rings is 1. The molecular weight excluding hydrogens is 316 g/mol. The summed E-state index contributed by atoms with van der Waals surface area (Å²) in [6.45, 7) is 12.6. The zero-order valence-corrected chi connectivity index (χ0v) is 15.9. The third-order valence-corrected chi connectivity index (χ3v) is 4.48. The maximum Gasteiger partial charge on any atom is 0.321 e. The zero-order valence-electron chi connectivity index (χ0n) is 15.9. The van der Waals surface area contributed by atoms with Gasteiger partial charge in [0.15, 0.2) is 0 Å². The third kappa shape index (κ3) is 3.86. The summed E-state index contributed by atoms with van der Waals surface area (Å²) < 4.78 is 0. The number of nitrogens with zero attached hydrogens (tertiary/aromatic N) is 1. The molecule has 0 saturated carbocycles. The molecule has 1 aromatic carbocycles. The van der Waals surface area contributed by atoms with E-state index in [0.717, 1.165) is 21.6 Å². The summed E-state index contributed by atoms with van der Waals surface area (Å²) in [6, 6.07) is 3.11. The molecule has 5 heteroatoms. The molecule has 1 fully saturated rings. The first-order valence-corrected chi connectivity index (χ1v) is 8.52. The number of urea groups is 1. The van der Waals surface area contributed by atoms with Gasteiger partial charge in [0.2, 0.25) is 0 Å². The Morgan fingerprint density at radius 2 is 1.60 bits per heavy atom. The van der Waals surface area contributed by atoms with Crippen LogP contribution in [0.1, 0.15) is 64.7 Å². The second-order valence-corrected chi connectivity index (χ2v) is 8.68. The molecule has 5 nitrogen and oxygen atoms in total. The van der Waals surface area contributed by atoms with Crippen molar-refractivity contribution in [3.63, 3.8) is 0 Å². The van der Waals surface area contributed by atoms with Crippen LogP contribution in [0.5, 0.6) is 5.75 Å². The number of carbonyl (C=O) groups is 2. The summed E-state index contributed by atoms with van der Waals surface area (Å²) in [6.07, 6.45) is 2.29. The quantitative estimate of drug-likeness (QED) is 0.762. The van der Waals surface area contributed by atoms with Crippen molar-refractivity contribution in [2.75, 3.05) is 6.54 Å². The van der Waals surface area contributed by atoms with Crippen LogP contribution in [0.25, 0.3) is 6.08 Å². The smallest absolute Gasteiger partial charge is 0.321 e. The highest BCUT2D eigenvalue weighted by Gasteiger charge is 2.30. The summed E-state index contributed by atoms with van der Waals surface area (Å²) >= 11 is 0. The van der Waals surface area contributed by atoms with Crippen LogP contribution in [0.15, 0.2) is 17.7 Å². The second kappa shape index (κ2) is 6.21. The molecule has 0 atom stereocenters. The summed E-state index contributed by atoms with van der Waals surface area (Å²) in [4.78, 5) is 24.6. The monoisotopic (exact) mass is 344 g/mol. The predicted molar refractivity (Wildman–Crippen MR) is 99.4 cm³/mol. The Labute approximate surface area is 149 Å². The van der Waals surface area contributed by atoms with E-state index in [2.05, 4.69) is 0 Å². The average Bonchev–Trinajstić information content (AvgIpc) is 2.79. The van der Waals surface area contributed by atoms with Gasteiger partial charge in [0.25, 0.3) is 5.91 Å². The van der Waals surface area contributed by atoms with Gasteiger partial charge < -0.3 is 10.8 Å². The molecular formula is C20H28N2O3. The molecule has 3 N–H and O–H groups in total. The van der Waals surface area contributed by atoms with E-state index in [1.54, 1.807) is 6.08 Å². The van der Waals surface area contributed by atoms with Gasteiger partial charge in [-0.2, -0.15) is 0 Å². The Bertz CT molecular complexity index is 714. The number of primary amides is 1. The van der Waals surface area contributed by atoms with Gasteiger partial charge in [0, 0.05) is 23.2 Å². The van der Waals surface area contributed by atoms with Crippen LogP contribution in [0.3, 0.4) is 0 Å². The van der Waals surface area contributed by atoms with Crippen molar-refractivity contribution in [3.05, 3.63) is 34.4 Å². The highest BCUT2D eigenvalue weighted by atomic mass is 16.3. The van der Waals surface area contributed by atoms with Gasteiger partial charge in [-0.05, 0) is 41.0 Å². The molecule has 1 aromatic rings. The number of phenolic OH excluding ortho intramolecular Hbond substituents is 1. The number of phenols is 1. The first kappa shape index (κ1) is 19.0. The van der Waals surface area contributed by atoms with Crippen molar-refractivity contribution in [2.45, 2.75) is 58.8 Å². The molecule has 136 valence electrons. The Hall–Kier alpha value is -2.30. The van der Waals surface area contributed by atoms with E-state index in [1.807, 2.05) is 53.7 Å². The minimum atomic E-state index is -0.718. The van der Waals surface area contributed by atoms with Crippen LogP contribution in [0.2, 0.25) is 0 Å². The average molecular weight is 344 g/mol. The number of amides is 3. The highest BCUT2D eigenvalue weighted by molar-refractivity contribution is 6.08. The van der Waals surface area contributed by atoms with E-state index < -0.39 is 6.03 Å². The fourth-order valence-electron chi connectivity index (χ4n) is 3.04. The summed E-state index contributed by atoms with van der Waals surface area (Å²) in [7, 11) is 0. The van der Waals surface area contributed by atoms with E-state index in [9.17, 15) is 14.7 Å². The van der Waals surface area contributed by atoms with E-state index in [4.69, 9.17) is 5.73 Å². The fourth-order valence-corrected chi connectivity index (χ4v) is 3.04. The van der Waals surface area contributed by atoms with Crippen LogP contribution >= 0.6 is 0 Å². The van der Waals surface area contributed by atoms with Crippen LogP contribution in [-0.2, 0) is 15.6 Å². The molecule has 3 amide bonds. The lowest BCUT2D eigenvalue weighted by Crippen LogP contribution is -2.36. The molecule has 25 heavy (non-hydrogen) atoms. The molecule has 0 aliphatic carbocycles. The Balaban J connectivity index is 2.58. The molecule has 1 aliphatic heterocycles. The number of hydrogen-bond donors (Lipinski definition) is 2. The molecule has 0 bridgehead atoms. The van der Waals surface area contributed by atoms with Gasteiger partial charge >= 0.3 is 6.03 Å². The van der Waals surface area contributed by atoms with Crippen molar-refractivity contribution in [1.29, 1.82) is 0 Å². The zero-order chi connectivity index (χ0) is 19.2. The van der Waals surface area contributed by atoms with Crippen molar-refractivity contribution >= 4 is 18.0 Å². The number of likely N-dealkylation sites (tertiary alicyclic amines) is 1. The van der Waals surface area contributed by atoms with Crippen molar-refractivity contribution in [3.8, 4) is 5.75 Å². The largest absolute Gasteiger partial charge is 0.507 e. The first-order chi connectivity index (χ1) is 11.3. The van der Waals surface area contributed by atoms with Gasteiger partial charge in [-0.15, -0.1) is 0 Å². The maximum atomic E-state index is 12.3. The minimum absolute atomic E-state index is 0.239. The van der Waals surface area contributed by atoms with Crippen LogP contribution in [0, 0.1) is 0 Å². The summed E-state index contributed by atoms with van der Waals surface area (Å²) in [5.74, 6) is -0.0335. The lowest BCUT2D eigenvalue weighted by atomic mass is 9.78. The number of hydrogen-bond acceptors (Lipinski definition) is 3. The number of carbonyl (C=O) groups excluding carboxylic acids is 2. The first-order valence-electron chi connectivity index (χ1n) is 8.52. The minimum Gasteiger partial charge on any atom is -0.507 e. The van der Waals surface area contributed by atoms with Crippen LogP contribution in [0.4, 0.5) is 4.79 Å². The maximum absolute atomic E-state index is 12.3. The van der Waals surface area contributed by atoms with Crippen molar-refractivity contribution < 1.29 is 14.7 Å². The fraction of sp³-hybridized carbons (Fsp3) is 0.500. The number of nitrogens with two attached hydrogens (primary N) is 1. The van der Waals surface area contributed by atoms with Gasteiger partial charge in [-0.3, -0.25) is 9.69 Å². The van der Waals surface area contributed by atoms with Crippen LogP contribution < -0.4 is 5.73 Å². The molecule has 0 unspecified atom stereocenters. The Morgan fingerprint density at radius 3 is 1.96 bits per heavy atom. The molecule has 1 heterocycles. The van der Waals surface area contributed by atoms with Crippen LogP contribution in [-0.4, -0.2) is 28.5 Å². The third-order valence-electron chi connectivity index (χ3n) is 4.48.